The molecule has 2 aromatic rings. The molecule has 0 fully saturated rings. The zero-order chi connectivity index (χ0) is 14.4. The molecule has 1 unspecified atom stereocenters. The standard InChI is InChI=1S/C15H19N3O2/c1-20-9-7-13(16)15(19)18-10-12-5-2-4-11-6-3-8-17-14(11)12/h2-6,8,13H,7,9-10,16H2,1H3,(H,18,19). The highest BCUT2D eigenvalue weighted by Crippen LogP contribution is 2.15. The molecule has 1 amide bonds. The van der Waals surface area contributed by atoms with Crippen LogP contribution in [0.3, 0.4) is 0 Å². The molecule has 1 atom stereocenters. The summed E-state index contributed by atoms with van der Waals surface area (Å²) in [6.45, 7) is 0.901. The SMILES string of the molecule is COCCC(N)C(=O)NCc1cccc2cccnc12. The maximum Gasteiger partial charge on any atom is 0.237 e. The second-order valence-corrected chi connectivity index (χ2v) is 4.60. The number of benzene rings is 1. The number of nitrogens with two attached hydrogens (primary N) is 1. The third-order valence-corrected chi connectivity index (χ3v) is 3.14. The highest BCUT2D eigenvalue weighted by Gasteiger charge is 2.13. The number of rotatable bonds is 6. The maximum atomic E-state index is 11.8. The Morgan fingerprint density at radius 2 is 2.20 bits per heavy atom. The van der Waals surface area contributed by atoms with Crippen LogP contribution in [-0.2, 0) is 16.1 Å². The van der Waals surface area contributed by atoms with Crippen LogP contribution in [0.2, 0.25) is 0 Å². The monoisotopic (exact) mass is 273 g/mol. The van der Waals surface area contributed by atoms with Gasteiger partial charge in [-0.1, -0.05) is 24.3 Å². The van der Waals surface area contributed by atoms with Gasteiger partial charge in [-0.3, -0.25) is 9.78 Å². The van der Waals surface area contributed by atoms with Crippen LogP contribution in [0.4, 0.5) is 0 Å². The molecule has 5 heteroatoms. The molecule has 20 heavy (non-hydrogen) atoms. The minimum absolute atomic E-state index is 0.171. The number of hydrogen-bond donors (Lipinski definition) is 2. The van der Waals surface area contributed by atoms with E-state index < -0.39 is 6.04 Å². The predicted molar refractivity (Wildman–Crippen MR) is 78.1 cm³/mol. The summed E-state index contributed by atoms with van der Waals surface area (Å²) in [5.41, 5.74) is 7.66. The van der Waals surface area contributed by atoms with Crippen molar-refractivity contribution in [2.24, 2.45) is 5.73 Å². The Labute approximate surface area is 118 Å². The van der Waals surface area contributed by atoms with Crippen molar-refractivity contribution in [1.82, 2.24) is 10.3 Å². The summed E-state index contributed by atoms with van der Waals surface area (Å²) in [7, 11) is 1.59. The first-order valence-corrected chi connectivity index (χ1v) is 6.57. The number of nitrogens with one attached hydrogen (secondary N) is 1. The summed E-state index contributed by atoms with van der Waals surface area (Å²) in [5, 5.41) is 3.90. The Kier molecular flexibility index (Phi) is 5.03. The van der Waals surface area contributed by atoms with Gasteiger partial charge in [0.15, 0.2) is 0 Å². The topological polar surface area (TPSA) is 77.2 Å². The molecule has 1 aromatic carbocycles. The van der Waals surface area contributed by atoms with Crippen LogP contribution >= 0.6 is 0 Å². The van der Waals surface area contributed by atoms with Gasteiger partial charge in [-0.2, -0.15) is 0 Å². The Balaban J connectivity index is 2.01. The van der Waals surface area contributed by atoms with E-state index in [-0.39, 0.29) is 5.91 Å². The molecule has 0 aliphatic heterocycles. The third-order valence-electron chi connectivity index (χ3n) is 3.14. The fraction of sp³-hybridized carbons (Fsp3) is 0.333. The van der Waals surface area contributed by atoms with E-state index in [0.29, 0.717) is 19.6 Å². The summed E-state index contributed by atoms with van der Waals surface area (Å²) in [6, 6.07) is 9.26. The number of methoxy groups -OCH3 is 1. The molecule has 0 saturated heterocycles. The zero-order valence-electron chi connectivity index (χ0n) is 11.5. The molecule has 0 spiro atoms. The Morgan fingerprint density at radius 3 is 3.00 bits per heavy atom. The highest BCUT2D eigenvalue weighted by molar-refractivity contribution is 5.84. The Hall–Kier alpha value is -1.98. The van der Waals surface area contributed by atoms with Crippen LogP contribution in [0, 0.1) is 0 Å². The quantitative estimate of drug-likeness (QED) is 0.829. The van der Waals surface area contributed by atoms with E-state index in [0.717, 1.165) is 16.5 Å². The predicted octanol–water partition coefficient (Wildman–Crippen LogP) is 1.21. The van der Waals surface area contributed by atoms with Gasteiger partial charge in [0.1, 0.15) is 0 Å². The number of ether oxygens (including phenoxy) is 1. The van der Waals surface area contributed by atoms with Crippen molar-refractivity contribution in [3.05, 3.63) is 42.1 Å². The lowest BCUT2D eigenvalue weighted by molar-refractivity contribution is -0.122. The number of pyridine rings is 1. The Bertz CT molecular complexity index is 581. The molecular formula is C15H19N3O2. The fourth-order valence-corrected chi connectivity index (χ4v) is 2.00. The van der Waals surface area contributed by atoms with Gasteiger partial charge in [-0.25, -0.2) is 0 Å². The molecule has 0 aliphatic rings. The van der Waals surface area contributed by atoms with Gasteiger partial charge in [0.05, 0.1) is 11.6 Å². The number of nitrogens with zero attached hydrogens (tertiary/aromatic N) is 1. The first-order valence-electron chi connectivity index (χ1n) is 6.57. The van der Waals surface area contributed by atoms with Gasteiger partial charge in [0, 0.05) is 31.8 Å². The second-order valence-electron chi connectivity index (χ2n) is 4.60. The van der Waals surface area contributed by atoms with E-state index in [4.69, 9.17) is 10.5 Å². The van der Waals surface area contributed by atoms with Crippen molar-refractivity contribution in [3.8, 4) is 0 Å². The summed E-state index contributed by atoms with van der Waals surface area (Å²) in [5.74, 6) is -0.171. The average molecular weight is 273 g/mol. The molecule has 0 aliphatic carbocycles. The lowest BCUT2D eigenvalue weighted by atomic mass is 10.1. The largest absolute Gasteiger partial charge is 0.385 e. The van der Waals surface area contributed by atoms with E-state index in [1.807, 2.05) is 30.3 Å². The molecule has 3 N–H and O–H groups in total. The van der Waals surface area contributed by atoms with Gasteiger partial charge in [0.2, 0.25) is 5.91 Å². The first-order chi connectivity index (χ1) is 9.72. The smallest absolute Gasteiger partial charge is 0.237 e. The minimum atomic E-state index is -0.544. The number of fused-ring (bicyclic) bond motifs is 1. The fourth-order valence-electron chi connectivity index (χ4n) is 2.00. The van der Waals surface area contributed by atoms with E-state index in [1.54, 1.807) is 13.3 Å². The highest BCUT2D eigenvalue weighted by atomic mass is 16.5. The molecule has 0 radical (unpaired) electrons. The van der Waals surface area contributed by atoms with E-state index in [2.05, 4.69) is 10.3 Å². The number of amides is 1. The molecule has 106 valence electrons. The van der Waals surface area contributed by atoms with Gasteiger partial charge in [-0.15, -0.1) is 0 Å². The number of para-hydroxylation sites is 1. The molecule has 0 bridgehead atoms. The second kappa shape index (κ2) is 6.98. The molecule has 5 nitrogen and oxygen atoms in total. The van der Waals surface area contributed by atoms with Crippen LogP contribution in [0.15, 0.2) is 36.5 Å². The van der Waals surface area contributed by atoms with E-state index in [1.165, 1.54) is 0 Å². The number of carbonyl (C=O) groups excluding carboxylic acids is 1. The van der Waals surface area contributed by atoms with Gasteiger partial charge < -0.3 is 15.8 Å². The molecular weight excluding hydrogens is 254 g/mol. The van der Waals surface area contributed by atoms with Crippen LogP contribution < -0.4 is 11.1 Å². The van der Waals surface area contributed by atoms with Crippen molar-refractivity contribution < 1.29 is 9.53 Å². The minimum Gasteiger partial charge on any atom is -0.385 e. The molecule has 1 heterocycles. The molecule has 1 aromatic heterocycles. The van der Waals surface area contributed by atoms with Crippen LogP contribution in [-0.4, -0.2) is 30.6 Å². The van der Waals surface area contributed by atoms with Gasteiger partial charge in [0.25, 0.3) is 0 Å². The van der Waals surface area contributed by atoms with Crippen molar-refractivity contribution in [1.29, 1.82) is 0 Å². The molecule has 0 saturated carbocycles. The third kappa shape index (κ3) is 3.53. The number of aromatic nitrogens is 1. The van der Waals surface area contributed by atoms with Gasteiger partial charge >= 0.3 is 0 Å². The summed E-state index contributed by atoms with van der Waals surface area (Å²) < 4.78 is 4.91. The normalized spacial score (nSPS) is 12.3. The van der Waals surface area contributed by atoms with Crippen LogP contribution in [0.5, 0.6) is 0 Å². The van der Waals surface area contributed by atoms with E-state index >= 15 is 0 Å². The summed E-state index contributed by atoms with van der Waals surface area (Å²) >= 11 is 0. The van der Waals surface area contributed by atoms with Crippen molar-refractivity contribution in [2.45, 2.75) is 19.0 Å². The van der Waals surface area contributed by atoms with Crippen molar-refractivity contribution in [3.63, 3.8) is 0 Å². The number of hydrogen-bond acceptors (Lipinski definition) is 4. The average Bonchev–Trinajstić information content (AvgIpc) is 2.50. The lowest BCUT2D eigenvalue weighted by Crippen LogP contribution is -2.40. The van der Waals surface area contributed by atoms with Crippen molar-refractivity contribution >= 4 is 16.8 Å². The maximum absolute atomic E-state index is 11.8. The van der Waals surface area contributed by atoms with Crippen LogP contribution in [0.1, 0.15) is 12.0 Å². The van der Waals surface area contributed by atoms with Crippen molar-refractivity contribution in [2.75, 3.05) is 13.7 Å². The van der Waals surface area contributed by atoms with E-state index in [9.17, 15) is 4.79 Å². The summed E-state index contributed by atoms with van der Waals surface area (Å²) in [6.07, 6.45) is 2.26. The zero-order valence-corrected chi connectivity index (χ0v) is 11.5. The number of carbonyl (C=O) groups is 1. The molecule has 2 rings (SSSR count). The Morgan fingerprint density at radius 1 is 1.40 bits per heavy atom. The van der Waals surface area contributed by atoms with Crippen LogP contribution in [0.25, 0.3) is 10.9 Å². The first kappa shape index (κ1) is 14.4. The summed E-state index contributed by atoms with van der Waals surface area (Å²) in [4.78, 5) is 16.2. The van der Waals surface area contributed by atoms with Gasteiger partial charge in [-0.05, 0) is 18.1 Å². The lowest BCUT2D eigenvalue weighted by Gasteiger charge is -2.12.